The number of amides is 4. The minimum atomic E-state index is -4.14. The van der Waals surface area contributed by atoms with Gasteiger partial charge in [0, 0.05) is 25.4 Å². The Balaban J connectivity index is 1.15. The highest BCUT2D eigenvalue weighted by molar-refractivity contribution is 7.89. The maximum Gasteiger partial charge on any atom is 0.389 e. The summed E-state index contributed by atoms with van der Waals surface area (Å²) in [5.74, 6) is -0.0996. The number of rotatable bonds is 8. The summed E-state index contributed by atoms with van der Waals surface area (Å²) in [4.78, 5) is 43.9. The van der Waals surface area contributed by atoms with Gasteiger partial charge in [0.15, 0.2) is 0 Å². The maximum absolute atomic E-state index is 13.3. The molecule has 1 aromatic carbocycles. The van der Waals surface area contributed by atoms with Crippen molar-refractivity contribution in [2.24, 2.45) is 16.8 Å². The first-order chi connectivity index (χ1) is 20.5. The van der Waals surface area contributed by atoms with Crippen LogP contribution in [0, 0.1) is 18.8 Å². The van der Waals surface area contributed by atoms with Gasteiger partial charge in [0.2, 0.25) is 10.0 Å². The number of hydrogen-bond donors (Lipinski definition) is 2. The molecule has 0 atom stereocenters. The normalized spacial score (nSPS) is 25.7. The Kier molecular flexibility index (Phi) is 8.64. The smallest absolute Gasteiger partial charge is 0.323 e. The molecule has 1 spiro atoms. The number of anilines is 1. The summed E-state index contributed by atoms with van der Waals surface area (Å²) in [6.45, 7) is 5.40. The number of nitrogens with zero attached hydrogens (tertiary/aromatic N) is 3. The number of hydrogen-bond acceptors (Lipinski definition) is 6. The molecule has 0 bridgehead atoms. The van der Waals surface area contributed by atoms with Crippen LogP contribution in [-0.4, -0.2) is 72.5 Å². The Morgan fingerprint density at radius 2 is 1.70 bits per heavy atom. The molecule has 4 aliphatic rings. The van der Waals surface area contributed by atoms with Crippen molar-refractivity contribution < 1.29 is 36.0 Å². The number of aliphatic imine (C=N–C) groups is 1. The fourth-order valence-electron chi connectivity index (χ4n) is 6.75. The first-order valence-electron chi connectivity index (χ1n) is 15.2. The molecule has 2 saturated heterocycles. The Bertz CT molecular complexity index is 1460. The molecule has 44 heavy (non-hydrogen) atoms. The molecule has 3 aliphatic heterocycles. The molecule has 1 saturated carbocycles. The molecule has 5 rings (SSSR count). The summed E-state index contributed by atoms with van der Waals surface area (Å²) < 4.78 is 65.7. The Hall–Kier alpha value is -3.00. The predicted octanol–water partition coefficient (Wildman–Crippen LogP) is 4.21. The van der Waals surface area contributed by atoms with E-state index >= 15 is 0 Å². The zero-order chi connectivity index (χ0) is 32.1. The Morgan fingerprint density at radius 1 is 1.05 bits per heavy atom. The third kappa shape index (κ3) is 6.65. The number of carbonyl (C=O) groups excluding carboxylic acids is 3. The number of urea groups is 1. The number of imide groups is 1. The van der Waals surface area contributed by atoms with Gasteiger partial charge in [-0.15, -0.1) is 0 Å². The van der Waals surface area contributed by atoms with Gasteiger partial charge in [-0.05, 0) is 101 Å². The third-order valence-electron chi connectivity index (χ3n) is 9.59. The van der Waals surface area contributed by atoms with Crippen LogP contribution in [0.1, 0.15) is 76.3 Å². The predicted molar refractivity (Wildman–Crippen MR) is 159 cm³/mol. The SMILES string of the molecule is Cc1cc(N2C(=O)NC(C)(C)C2=O)ccc1CCS(=O)(=O)N1CCC2(CC1)N=C(C1CCC(CCC(F)(F)F)CC1)NC2=O. The van der Waals surface area contributed by atoms with E-state index in [2.05, 4.69) is 10.6 Å². The van der Waals surface area contributed by atoms with E-state index < -0.39 is 39.7 Å². The van der Waals surface area contributed by atoms with Gasteiger partial charge >= 0.3 is 12.2 Å². The summed E-state index contributed by atoms with van der Waals surface area (Å²) in [6.07, 6.45) is -1.32. The lowest BCUT2D eigenvalue weighted by Gasteiger charge is -2.34. The van der Waals surface area contributed by atoms with E-state index in [1.165, 1.54) is 4.31 Å². The Morgan fingerprint density at radius 3 is 2.27 bits per heavy atom. The highest BCUT2D eigenvalue weighted by Gasteiger charge is 2.49. The second-order valence-corrected chi connectivity index (χ2v) is 15.2. The van der Waals surface area contributed by atoms with Gasteiger partial charge in [0.05, 0.1) is 11.4 Å². The van der Waals surface area contributed by atoms with Crippen LogP contribution in [-0.2, 0) is 26.0 Å². The standard InChI is InChI=1S/C30H40F3N5O5S/c1-19-18-23(38-26(40)28(2,3)36-27(38)41)9-8-21(19)11-17-44(42,43)37-15-13-29(14-16-37)25(39)34-24(35-29)22-6-4-20(5-7-22)10-12-30(31,32)33/h8-9,18,20,22H,4-7,10-17H2,1-3H3,(H,36,41)(H,34,35,39). The average molecular weight is 640 g/mol. The fourth-order valence-corrected chi connectivity index (χ4v) is 8.23. The van der Waals surface area contributed by atoms with E-state index in [1.807, 2.05) is 6.92 Å². The summed E-state index contributed by atoms with van der Waals surface area (Å²) in [6, 6.07) is 4.58. The van der Waals surface area contributed by atoms with Gasteiger partial charge in [0.1, 0.15) is 16.9 Å². The second-order valence-electron chi connectivity index (χ2n) is 13.1. The van der Waals surface area contributed by atoms with Crippen LogP contribution in [0.15, 0.2) is 23.2 Å². The fraction of sp³-hybridized carbons (Fsp3) is 0.667. The third-order valence-corrected chi connectivity index (χ3v) is 11.5. The maximum atomic E-state index is 13.3. The molecule has 3 fully saturated rings. The molecule has 10 nitrogen and oxygen atoms in total. The van der Waals surface area contributed by atoms with Crippen LogP contribution in [0.2, 0.25) is 0 Å². The topological polar surface area (TPSA) is 128 Å². The summed E-state index contributed by atoms with van der Waals surface area (Å²) in [5.41, 5.74) is -0.0326. The van der Waals surface area contributed by atoms with Crippen LogP contribution in [0.4, 0.5) is 23.7 Å². The van der Waals surface area contributed by atoms with Gasteiger partial charge in [0.25, 0.3) is 11.8 Å². The number of alkyl halides is 3. The van der Waals surface area contributed by atoms with Gasteiger partial charge < -0.3 is 10.6 Å². The van der Waals surface area contributed by atoms with E-state index in [4.69, 9.17) is 4.99 Å². The number of carbonyl (C=O) groups is 3. The number of piperidine rings is 1. The molecule has 0 aromatic heterocycles. The van der Waals surface area contributed by atoms with E-state index in [1.54, 1.807) is 32.0 Å². The highest BCUT2D eigenvalue weighted by atomic mass is 32.2. The molecule has 1 aliphatic carbocycles. The molecule has 14 heteroatoms. The monoisotopic (exact) mass is 639 g/mol. The summed E-state index contributed by atoms with van der Waals surface area (Å²) in [5, 5.41) is 5.55. The molecule has 3 heterocycles. The summed E-state index contributed by atoms with van der Waals surface area (Å²) >= 11 is 0. The van der Waals surface area contributed by atoms with Crippen LogP contribution in [0.5, 0.6) is 0 Å². The molecule has 1 aromatic rings. The molecule has 0 unspecified atom stereocenters. The molecule has 2 N–H and O–H groups in total. The number of aryl methyl sites for hydroxylation is 2. The van der Waals surface area contributed by atoms with Crippen LogP contribution < -0.4 is 15.5 Å². The van der Waals surface area contributed by atoms with Crippen molar-refractivity contribution in [2.45, 2.75) is 95.8 Å². The Labute approximate surface area is 255 Å². The molecule has 242 valence electrons. The van der Waals surface area contributed by atoms with Crippen molar-refractivity contribution in [3.8, 4) is 0 Å². The molecule has 4 amide bonds. The van der Waals surface area contributed by atoms with Gasteiger partial charge in [-0.1, -0.05) is 6.07 Å². The van der Waals surface area contributed by atoms with Crippen molar-refractivity contribution >= 4 is 39.4 Å². The zero-order valence-corrected chi connectivity index (χ0v) is 26.1. The zero-order valence-electron chi connectivity index (χ0n) is 25.3. The largest absolute Gasteiger partial charge is 0.389 e. The number of sulfonamides is 1. The van der Waals surface area contributed by atoms with Gasteiger partial charge in [-0.3, -0.25) is 14.6 Å². The quantitative estimate of drug-likeness (QED) is 0.412. The number of benzene rings is 1. The molecular formula is C30H40F3N5O5S. The first-order valence-corrected chi connectivity index (χ1v) is 16.8. The number of halogens is 3. The van der Waals surface area contributed by atoms with Crippen molar-refractivity contribution in [3.63, 3.8) is 0 Å². The second kappa shape index (κ2) is 11.7. The number of nitrogens with one attached hydrogen (secondary N) is 2. The lowest BCUT2D eigenvalue weighted by Crippen LogP contribution is -2.51. The molecular weight excluding hydrogens is 599 g/mol. The highest BCUT2D eigenvalue weighted by Crippen LogP contribution is 2.38. The minimum Gasteiger partial charge on any atom is -0.323 e. The average Bonchev–Trinajstić information content (AvgIpc) is 3.37. The van der Waals surface area contributed by atoms with Crippen LogP contribution in [0.25, 0.3) is 0 Å². The van der Waals surface area contributed by atoms with Crippen molar-refractivity contribution in [2.75, 3.05) is 23.7 Å². The van der Waals surface area contributed by atoms with E-state index in [0.29, 0.717) is 37.2 Å². The van der Waals surface area contributed by atoms with Gasteiger partial charge in [-0.2, -0.15) is 13.2 Å². The van der Waals surface area contributed by atoms with E-state index in [9.17, 15) is 36.0 Å². The lowest BCUT2D eigenvalue weighted by molar-refractivity contribution is -0.138. The van der Waals surface area contributed by atoms with Gasteiger partial charge in [-0.25, -0.2) is 22.4 Å². The minimum absolute atomic E-state index is 0.00122. The number of amidine groups is 1. The van der Waals surface area contributed by atoms with E-state index in [-0.39, 0.29) is 68.2 Å². The van der Waals surface area contributed by atoms with E-state index in [0.717, 1.165) is 16.0 Å². The van der Waals surface area contributed by atoms with Crippen LogP contribution >= 0.6 is 0 Å². The van der Waals surface area contributed by atoms with Crippen molar-refractivity contribution in [1.29, 1.82) is 0 Å². The van der Waals surface area contributed by atoms with Crippen molar-refractivity contribution in [1.82, 2.24) is 14.9 Å². The van der Waals surface area contributed by atoms with Crippen LogP contribution in [0.3, 0.4) is 0 Å². The lowest BCUT2D eigenvalue weighted by atomic mass is 9.79. The van der Waals surface area contributed by atoms with Crippen molar-refractivity contribution in [3.05, 3.63) is 29.3 Å². The first kappa shape index (κ1) is 32.4. The molecule has 0 radical (unpaired) electrons. The summed E-state index contributed by atoms with van der Waals surface area (Å²) in [7, 11) is -3.63.